The lowest BCUT2D eigenvalue weighted by atomic mass is 9.99. The molecule has 0 aromatic heterocycles. The molecular formula is C19H23N3O2. The summed E-state index contributed by atoms with van der Waals surface area (Å²) in [4.78, 5) is 25.0. The van der Waals surface area contributed by atoms with Crippen LogP contribution in [0.3, 0.4) is 0 Å². The summed E-state index contributed by atoms with van der Waals surface area (Å²) in [6.07, 6.45) is 0. The van der Waals surface area contributed by atoms with Gasteiger partial charge in [-0.1, -0.05) is 60.7 Å². The molecular weight excluding hydrogens is 302 g/mol. The summed E-state index contributed by atoms with van der Waals surface area (Å²) in [5.41, 5.74) is 2.18. The van der Waals surface area contributed by atoms with Gasteiger partial charge in [-0.15, -0.1) is 0 Å². The molecule has 2 N–H and O–H groups in total. The maximum absolute atomic E-state index is 12.2. The quantitative estimate of drug-likeness (QED) is 0.812. The molecule has 0 radical (unpaired) electrons. The van der Waals surface area contributed by atoms with Crippen LogP contribution in [0.15, 0.2) is 60.7 Å². The van der Waals surface area contributed by atoms with Gasteiger partial charge >= 0.3 is 0 Å². The minimum atomic E-state index is -0.187. The van der Waals surface area contributed by atoms with E-state index < -0.39 is 0 Å². The van der Waals surface area contributed by atoms with E-state index in [-0.39, 0.29) is 30.9 Å². The molecule has 2 amide bonds. The average molecular weight is 325 g/mol. The van der Waals surface area contributed by atoms with Crippen molar-refractivity contribution in [3.8, 4) is 0 Å². The van der Waals surface area contributed by atoms with Gasteiger partial charge in [0.05, 0.1) is 19.1 Å². The monoisotopic (exact) mass is 325 g/mol. The first-order chi connectivity index (χ1) is 11.6. The molecule has 2 rings (SSSR count). The molecule has 5 heteroatoms. The largest absolute Gasteiger partial charge is 0.358 e. The predicted molar refractivity (Wildman–Crippen MR) is 94.4 cm³/mol. The summed E-state index contributed by atoms with van der Waals surface area (Å²) in [7, 11) is 3.18. The third-order valence-electron chi connectivity index (χ3n) is 3.81. The van der Waals surface area contributed by atoms with Crippen molar-refractivity contribution in [2.45, 2.75) is 6.04 Å². The first kappa shape index (κ1) is 17.7. The Balaban J connectivity index is 2.07. The molecule has 0 bridgehead atoms. The fraction of sp³-hybridized carbons (Fsp3) is 0.263. The lowest BCUT2D eigenvalue weighted by Gasteiger charge is -2.22. The molecule has 0 atom stereocenters. The van der Waals surface area contributed by atoms with Crippen LogP contribution >= 0.6 is 0 Å². The fourth-order valence-corrected chi connectivity index (χ4v) is 2.43. The van der Waals surface area contributed by atoms with E-state index in [0.29, 0.717) is 0 Å². The number of likely N-dealkylation sites (N-methyl/N-ethyl adjacent to an activating group) is 2. The number of amides is 2. The Kier molecular flexibility index (Phi) is 6.51. The second-order valence-corrected chi connectivity index (χ2v) is 5.56. The highest BCUT2D eigenvalue weighted by Gasteiger charge is 2.17. The number of nitrogens with one attached hydrogen (secondary N) is 2. The molecule has 0 saturated carbocycles. The molecule has 5 nitrogen and oxygen atoms in total. The van der Waals surface area contributed by atoms with Gasteiger partial charge in [0.2, 0.25) is 11.8 Å². The molecule has 126 valence electrons. The minimum absolute atomic E-state index is 0.0539. The van der Waals surface area contributed by atoms with E-state index in [1.54, 1.807) is 14.1 Å². The van der Waals surface area contributed by atoms with Crippen molar-refractivity contribution in [3.05, 3.63) is 71.8 Å². The van der Waals surface area contributed by atoms with Crippen molar-refractivity contribution in [2.24, 2.45) is 0 Å². The first-order valence-corrected chi connectivity index (χ1v) is 7.89. The molecule has 0 fully saturated rings. The van der Waals surface area contributed by atoms with E-state index in [0.717, 1.165) is 11.1 Å². The van der Waals surface area contributed by atoms with E-state index >= 15 is 0 Å². The summed E-state index contributed by atoms with van der Waals surface area (Å²) >= 11 is 0. The molecule has 0 aliphatic carbocycles. The summed E-state index contributed by atoms with van der Waals surface area (Å²) < 4.78 is 0. The number of hydrogen-bond acceptors (Lipinski definition) is 3. The third kappa shape index (κ3) is 4.93. The topological polar surface area (TPSA) is 61.4 Å². The molecule has 0 heterocycles. The van der Waals surface area contributed by atoms with Crippen molar-refractivity contribution in [1.82, 2.24) is 15.5 Å². The van der Waals surface area contributed by atoms with Gasteiger partial charge in [-0.2, -0.15) is 0 Å². The van der Waals surface area contributed by atoms with Crippen LogP contribution in [-0.4, -0.2) is 43.9 Å². The summed E-state index contributed by atoms with van der Waals surface area (Å²) in [6.45, 7) is 0.209. The maximum Gasteiger partial charge on any atom is 0.239 e. The van der Waals surface area contributed by atoms with Crippen LogP contribution in [0.2, 0.25) is 0 Å². The van der Waals surface area contributed by atoms with Gasteiger partial charge in [0.1, 0.15) is 0 Å². The van der Waals surface area contributed by atoms with E-state index in [1.165, 1.54) is 4.90 Å². The van der Waals surface area contributed by atoms with Crippen LogP contribution < -0.4 is 10.6 Å². The number of carbonyl (C=O) groups is 2. The van der Waals surface area contributed by atoms with E-state index in [9.17, 15) is 9.59 Å². The van der Waals surface area contributed by atoms with Crippen LogP contribution in [-0.2, 0) is 9.59 Å². The molecule has 0 unspecified atom stereocenters. The Morgan fingerprint density at radius 3 is 1.92 bits per heavy atom. The van der Waals surface area contributed by atoms with E-state index in [4.69, 9.17) is 0 Å². The standard InChI is InChI=1S/C19H23N3O2/c1-20-17(23)14-22(2)18(24)13-21-19(15-9-5-3-6-10-15)16-11-7-4-8-12-16/h3-12,19,21H,13-14H2,1-2H3,(H,20,23). The van der Waals surface area contributed by atoms with Crippen molar-refractivity contribution in [2.75, 3.05) is 27.2 Å². The zero-order valence-corrected chi connectivity index (χ0v) is 14.0. The van der Waals surface area contributed by atoms with E-state index in [1.807, 2.05) is 60.7 Å². The normalized spacial score (nSPS) is 10.5. The van der Waals surface area contributed by atoms with Gasteiger partial charge in [-0.05, 0) is 11.1 Å². The number of hydrogen-bond donors (Lipinski definition) is 2. The number of benzene rings is 2. The zero-order chi connectivity index (χ0) is 17.4. The third-order valence-corrected chi connectivity index (χ3v) is 3.81. The van der Waals surface area contributed by atoms with Gasteiger partial charge < -0.3 is 10.2 Å². The molecule has 0 aliphatic rings. The van der Waals surface area contributed by atoms with Crippen molar-refractivity contribution in [1.29, 1.82) is 0 Å². The average Bonchev–Trinajstić information content (AvgIpc) is 2.63. The second-order valence-electron chi connectivity index (χ2n) is 5.56. The maximum atomic E-state index is 12.2. The Morgan fingerprint density at radius 1 is 0.958 bits per heavy atom. The highest BCUT2D eigenvalue weighted by atomic mass is 16.2. The van der Waals surface area contributed by atoms with Gasteiger partial charge in [0.25, 0.3) is 0 Å². The molecule has 0 aliphatic heterocycles. The molecule has 2 aromatic rings. The number of nitrogens with zero attached hydrogens (tertiary/aromatic N) is 1. The predicted octanol–water partition coefficient (Wildman–Crippen LogP) is 1.57. The molecule has 0 saturated heterocycles. The van der Waals surface area contributed by atoms with Crippen molar-refractivity contribution < 1.29 is 9.59 Å². The first-order valence-electron chi connectivity index (χ1n) is 7.89. The van der Waals surface area contributed by atoms with Crippen LogP contribution in [0.25, 0.3) is 0 Å². The Labute approximate surface area is 142 Å². The zero-order valence-electron chi connectivity index (χ0n) is 14.0. The molecule has 2 aromatic carbocycles. The number of carbonyl (C=O) groups excluding carboxylic acids is 2. The van der Waals surface area contributed by atoms with Crippen LogP contribution in [0.1, 0.15) is 17.2 Å². The SMILES string of the molecule is CNC(=O)CN(C)C(=O)CNC(c1ccccc1)c1ccccc1. The lowest BCUT2D eigenvalue weighted by molar-refractivity contribution is -0.133. The molecule has 24 heavy (non-hydrogen) atoms. The fourth-order valence-electron chi connectivity index (χ4n) is 2.43. The van der Waals surface area contributed by atoms with E-state index in [2.05, 4.69) is 10.6 Å². The van der Waals surface area contributed by atoms with Gasteiger partial charge in [0, 0.05) is 14.1 Å². The lowest BCUT2D eigenvalue weighted by Crippen LogP contribution is -2.42. The Bertz CT molecular complexity index is 619. The summed E-state index contributed by atoms with van der Waals surface area (Å²) in [5.74, 6) is -0.316. The number of rotatable bonds is 7. The Morgan fingerprint density at radius 2 is 1.46 bits per heavy atom. The molecule has 0 spiro atoms. The van der Waals surface area contributed by atoms with Crippen LogP contribution in [0.4, 0.5) is 0 Å². The minimum Gasteiger partial charge on any atom is -0.358 e. The van der Waals surface area contributed by atoms with Crippen LogP contribution in [0.5, 0.6) is 0 Å². The van der Waals surface area contributed by atoms with Crippen LogP contribution in [0, 0.1) is 0 Å². The highest BCUT2D eigenvalue weighted by Crippen LogP contribution is 2.21. The Hall–Kier alpha value is -2.66. The van der Waals surface area contributed by atoms with Gasteiger partial charge in [-0.25, -0.2) is 0 Å². The van der Waals surface area contributed by atoms with Crippen molar-refractivity contribution >= 4 is 11.8 Å². The summed E-state index contributed by atoms with van der Waals surface area (Å²) in [6, 6.07) is 19.9. The van der Waals surface area contributed by atoms with Gasteiger partial charge in [0.15, 0.2) is 0 Å². The second kappa shape index (κ2) is 8.84. The summed E-state index contributed by atoms with van der Waals surface area (Å²) in [5, 5.41) is 5.82. The smallest absolute Gasteiger partial charge is 0.239 e. The highest BCUT2D eigenvalue weighted by molar-refractivity contribution is 5.85. The van der Waals surface area contributed by atoms with Crippen molar-refractivity contribution in [3.63, 3.8) is 0 Å². The van der Waals surface area contributed by atoms with Gasteiger partial charge in [-0.3, -0.25) is 14.9 Å².